The third kappa shape index (κ3) is 5.79. The molecule has 2 atom stereocenters. The van der Waals surface area contributed by atoms with Gasteiger partial charge < -0.3 is 15.5 Å². The number of nitrogens with one attached hydrogen (secondary N) is 1. The molecule has 1 rings (SSSR count). The number of carboxylic acid groups (broad SMARTS) is 1. The second-order valence-corrected chi connectivity index (χ2v) is 4.68. The molecule has 20 heavy (non-hydrogen) atoms. The summed E-state index contributed by atoms with van der Waals surface area (Å²) in [5.74, 6) is -1.80. The number of carbonyl (C=O) groups excluding carboxylic acids is 1. The van der Waals surface area contributed by atoms with E-state index in [0.29, 0.717) is 12.0 Å². The minimum Gasteiger partial charge on any atom is -0.481 e. The standard InChI is InChI=1S/C14H18FNO4/c1-9(5-6-14(19)20)16-13(18)8-12(17)10-3-2-4-11(15)7-10/h2-4,7,9,12,17H,5-6,8H2,1H3,(H,16,18)(H,19,20). The van der Waals surface area contributed by atoms with Crippen LogP contribution in [0.15, 0.2) is 24.3 Å². The maximum Gasteiger partial charge on any atom is 0.303 e. The van der Waals surface area contributed by atoms with Crippen molar-refractivity contribution in [3.05, 3.63) is 35.6 Å². The first kappa shape index (κ1) is 16.1. The fourth-order valence-electron chi connectivity index (χ4n) is 1.75. The molecule has 6 heteroatoms. The Morgan fingerprint density at radius 1 is 1.40 bits per heavy atom. The van der Waals surface area contributed by atoms with Crippen LogP contribution in [0.4, 0.5) is 4.39 Å². The Kier molecular flexibility index (Phi) is 6.11. The topological polar surface area (TPSA) is 86.6 Å². The molecule has 0 fully saturated rings. The van der Waals surface area contributed by atoms with Gasteiger partial charge in [-0.25, -0.2) is 4.39 Å². The van der Waals surface area contributed by atoms with Crippen LogP contribution >= 0.6 is 0 Å². The zero-order valence-electron chi connectivity index (χ0n) is 11.2. The van der Waals surface area contributed by atoms with Gasteiger partial charge in [-0.1, -0.05) is 12.1 Å². The predicted octanol–water partition coefficient (Wildman–Crippen LogP) is 1.62. The van der Waals surface area contributed by atoms with E-state index in [2.05, 4.69) is 5.32 Å². The fourth-order valence-corrected chi connectivity index (χ4v) is 1.75. The zero-order valence-corrected chi connectivity index (χ0v) is 11.2. The van der Waals surface area contributed by atoms with Gasteiger partial charge in [0.1, 0.15) is 5.82 Å². The number of halogens is 1. The third-order valence-corrected chi connectivity index (χ3v) is 2.81. The quantitative estimate of drug-likeness (QED) is 0.709. The van der Waals surface area contributed by atoms with Crippen molar-refractivity contribution in [3.8, 4) is 0 Å². The van der Waals surface area contributed by atoms with Crippen LogP contribution in [0, 0.1) is 5.82 Å². The Morgan fingerprint density at radius 3 is 2.70 bits per heavy atom. The van der Waals surface area contributed by atoms with Crippen LogP contribution in [0.5, 0.6) is 0 Å². The molecule has 0 saturated heterocycles. The molecular weight excluding hydrogens is 265 g/mol. The highest BCUT2D eigenvalue weighted by Gasteiger charge is 2.15. The molecular formula is C14H18FNO4. The zero-order chi connectivity index (χ0) is 15.1. The summed E-state index contributed by atoms with van der Waals surface area (Å²) >= 11 is 0. The molecule has 0 aliphatic rings. The van der Waals surface area contributed by atoms with E-state index < -0.39 is 23.8 Å². The number of aliphatic carboxylic acids is 1. The first-order valence-corrected chi connectivity index (χ1v) is 6.33. The lowest BCUT2D eigenvalue weighted by Crippen LogP contribution is -2.33. The molecule has 0 bridgehead atoms. The lowest BCUT2D eigenvalue weighted by Gasteiger charge is -2.15. The first-order chi connectivity index (χ1) is 9.38. The molecule has 110 valence electrons. The molecule has 0 aromatic heterocycles. The number of carbonyl (C=O) groups is 2. The molecule has 1 aromatic rings. The number of benzene rings is 1. The van der Waals surface area contributed by atoms with Gasteiger partial charge in [-0.2, -0.15) is 0 Å². The number of hydrogen-bond acceptors (Lipinski definition) is 3. The summed E-state index contributed by atoms with van der Waals surface area (Å²) in [6.07, 6.45) is -0.997. The van der Waals surface area contributed by atoms with Crippen LogP contribution in [-0.2, 0) is 9.59 Å². The maximum atomic E-state index is 13.0. The monoisotopic (exact) mass is 283 g/mol. The van der Waals surface area contributed by atoms with Crippen LogP contribution < -0.4 is 5.32 Å². The van der Waals surface area contributed by atoms with Gasteiger partial charge in [0, 0.05) is 12.5 Å². The summed E-state index contributed by atoms with van der Waals surface area (Å²) in [6.45, 7) is 1.69. The smallest absolute Gasteiger partial charge is 0.303 e. The lowest BCUT2D eigenvalue weighted by atomic mass is 10.1. The summed E-state index contributed by atoms with van der Waals surface area (Å²) in [5.41, 5.74) is 0.332. The number of hydrogen-bond donors (Lipinski definition) is 3. The molecule has 3 N–H and O–H groups in total. The van der Waals surface area contributed by atoms with E-state index in [1.54, 1.807) is 6.92 Å². The summed E-state index contributed by atoms with van der Waals surface area (Å²) in [6, 6.07) is 5.13. The van der Waals surface area contributed by atoms with Crippen molar-refractivity contribution < 1.29 is 24.2 Å². The highest BCUT2D eigenvalue weighted by atomic mass is 19.1. The highest BCUT2D eigenvalue weighted by molar-refractivity contribution is 5.77. The van der Waals surface area contributed by atoms with Gasteiger partial charge in [-0.3, -0.25) is 9.59 Å². The summed E-state index contributed by atoms with van der Waals surface area (Å²) in [5, 5.41) is 20.9. The van der Waals surface area contributed by atoms with E-state index >= 15 is 0 Å². The Bertz CT molecular complexity index is 478. The van der Waals surface area contributed by atoms with E-state index in [4.69, 9.17) is 5.11 Å². The molecule has 0 aliphatic heterocycles. The summed E-state index contributed by atoms with van der Waals surface area (Å²) in [7, 11) is 0. The molecule has 0 spiro atoms. The van der Waals surface area contributed by atoms with Gasteiger partial charge >= 0.3 is 5.97 Å². The summed E-state index contributed by atoms with van der Waals surface area (Å²) in [4.78, 5) is 22.1. The predicted molar refractivity (Wildman–Crippen MR) is 70.5 cm³/mol. The first-order valence-electron chi connectivity index (χ1n) is 6.33. The number of amides is 1. The van der Waals surface area contributed by atoms with Crippen molar-refractivity contribution in [2.45, 2.75) is 38.3 Å². The number of aliphatic hydroxyl groups excluding tert-OH is 1. The lowest BCUT2D eigenvalue weighted by molar-refractivity contribution is -0.137. The highest BCUT2D eigenvalue weighted by Crippen LogP contribution is 2.17. The van der Waals surface area contributed by atoms with E-state index in [-0.39, 0.29) is 18.9 Å². The molecule has 5 nitrogen and oxygen atoms in total. The van der Waals surface area contributed by atoms with E-state index in [9.17, 15) is 19.1 Å². The SMILES string of the molecule is CC(CCC(=O)O)NC(=O)CC(O)c1cccc(F)c1. The van der Waals surface area contributed by atoms with Crippen molar-refractivity contribution in [2.75, 3.05) is 0 Å². The summed E-state index contributed by atoms with van der Waals surface area (Å²) < 4.78 is 13.0. The van der Waals surface area contributed by atoms with Crippen molar-refractivity contribution in [1.82, 2.24) is 5.32 Å². The number of carboxylic acids is 1. The van der Waals surface area contributed by atoms with E-state index in [0.717, 1.165) is 0 Å². The average molecular weight is 283 g/mol. The van der Waals surface area contributed by atoms with Gasteiger partial charge in [0.05, 0.1) is 12.5 Å². The second-order valence-electron chi connectivity index (χ2n) is 4.68. The average Bonchev–Trinajstić information content (AvgIpc) is 2.36. The van der Waals surface area contributed by atoms with Crippen LogP contribution in [0.25, 0.3) is 0 Å². The van der Waals surface area contributed by atoms with Crippen molar-refractivity contribution in [1.29, 1.82) is 0 Å². The van der Waals surface area contributed by atoms with Crippen LogP contribution in [0.1, 0.15) is 37.9 Å². The van der Waals surface area contributed by atoms with Crippen molar-refractivity contribution >= 4 is 11.9 Å². The fraction of sp³-hybridized carbons (Fsp3) is 0.429. The normalized spacial score (nSPS) is 13.6. The van der Waals surface area contributed by atoms with Gasteiger partial charge in [-0.15, -0.1) is 0 Å². The van der Waals surface area contributed by atoms with Crippen molar-refractivity contribution in [3.63, 3.8) is 0 Å². The van der Waals surface area contributed by atoms with Crippen LogP contribution in [0.3, 0.4) is 0 Å². The van der Waals surface area contributed by atoms with Crippen LogP contribution in [0.2, 0.25) is 0 Å². The maximum absolute atomic E-state index is 13.0. The number of aliphatic hydroxyl groups is 1. The van der Waals surface area contributed by atoms with Gasteiger partial charge in [0.15, 0.2) is 0 Å². The van der Waals surface area contributed by atoms with Crippen LogP contribution in [-0.4, -0.2) is 28.1 Å². The van der Waals surface area contributed by atoms with E-state index in [1.165, 1.54) is 24.3 Å². The second kappa shape index (κ2) is 7.59. The molecule has 2 unspecified atom stereocenters. The molecule has 0 radical (unpaired) electrons. The molecule has 0 saturated carbocycles. The molecule has 1 amide bonds. The molecule has 0 heterocycles. The van der Waals surface area contributed by atoms with E-state index in [1.807, 2.05) is 0 Å². The Hall–Kier alpha value is -1.95. The van der Waals surface area contributed by atoms with Crippen molar-refractivity contribution in [2.24, 2.45) is 0 Å². The molecule has 1 aromatic carbocycles. The Balaban J connectivity index is 2.43. The third-order valence-electron chi connectivity index (χ3n) is 2.81. The largest absolute Gasteiger partial charge is 0.481 e. The minimum absolute atomic E-state index is 0.0338. The Labute approximate surface area is 116 Å². The van der Waals surface area contributed by atoms with Gasteiger partial charge in [0.2, 0.25) is 5.91 Å². The van der Waals surface area contributed by atoms with Gasteiger partial charge in [-0.05, 0) is 31.0 Å². The van der Waals surface area contributed by atoms with Gasteiger partial charge in [0.25, 0.3) is 0 Å². The Morgan fingerprint density at radius 2 is 2.10 bits per heavy atom. The number of rotatable bonds is 7. The minimum atomic E-state index is -1.09. The molecule has 0 aliphatic carbocycles.